The monoisotopic (exact) mass is 729 g/mol. The molecule has 0 atom stereocenters. The number of anilines is 2. The van der Waals surface area contributed by atoms with E-state index >= 15 is 26.3 Å². The van der Waals surface area contributed by atoms with Crippen LogP contribution in [0, 0.1) is 13.8 Å². The van der Waals surface area contributed by atoms with Crippen LogP contribution in [0.2, 0.25) is 0 Å². The zero-order valence-corrected chi connectivity index (χ0v) is 28.2. The number of benzene rings is 4. The van der Waals surface area contributed by atoms with Crippen LogP contribution in [-0.4, -0.2) is 49.7 Å². The van der Waals surface area contributed by atoms with Crippen molar-refractivity contribution in [3.63, 3.8) is 0 Å². The average Bonchev–Trinajstić information content (AvgIpc) is 3.07. The summed E-state index contributed by atoms with van der Waals surface area (Å²) in [5, 5.41) is 7.10. The third kappa shape index (κ3) is 8.36. The van der Waals surface area contributed by atoms with Gasteiger partial charge in [0.05, 0.1) is 6.61 Å². The van der Waals surface area contributed by atoms with Crippen molar-refractivity contribution < 1.29 is 55.0 Å². The van der Waals surface area contributed by atoms with Gasteiger partial charge in [0.15, 0.2) is 0 Å². The number of halogens is 6. The number of carbonyl (C=O) groups is 4. The van der Waals surface area contributed by atoms with Gasteiger partial charge in [0.2, 0.25) is 11.3 Å². The maximum Gasteiger partial charge on any atom is 0.411 e. The van der Waals surface area contributed by atoms with Crippen molar-refractivity contribution in [3.05, 3.63) is 118 Å². The lowest BCUT2D eigenvalue weighted by atomic mass is 9.72. The first-order valence-electron chi connectivity index (χ1n) is 15.6. The first kappa shape index (κ1) is 38.9. The summed E-state index contributed by atoms with van der Waals surface area (Å²) in [7, 11) is 1.49. The summed E-state index contributed by atoms with van der Waals surface area (Å²) in [6.45, 7) is 4.21. The molecular weight excluding hydrogens is 696 g/mol. The number of hydrogen-bond donors (Lipinski definition) is 3. The Morgan fingerprint density at radius 2 is 1.08 bits per heavy atom. The van der Waals surface area contributed by atoms with Crippen molar-refractivity contribution in [2.75, 3.05) is 24.3 Å². The van der Waals surface area contributed by atoms with E-state index < -0.39 is 53.1 Å². The van der Waals surface area contributed by atoms with Crippen molar-refractivity contribution in [1.29, 1.82) is 0 Å². The Kier molecular flexibility index (Phi) is 11.7. The Hall–Kier alpha value is -5.86. The highest BCUT2D eigenvalue weighted by molar-refractivity contribution is 6.05. The summed E-state index contributed by atoms with van der Waals surface area (Å²) in [4.78, 5) is 49.0. The number of aryl methyl sites for hydroxylation is 2. The molecule has 0 unspecified atom stereocenters. The molecule has 9 nitrogen and oxygen atoms in total. The van der Waals surface area contributed by atoms with Crippen LogP contribution in [0.4, 0.5) is 37.7 Å². The minimum atomic E-state index is -5.97. The topological polar surface area (TPSA) is 123 Å². The van der Waals surface area contributed by atoms with Gasteiger partial charge in [-0.2, -0.15) is 26.3 Å². The molecule has 3 amide bonds. The highest BCUT2D eigenvalue weighted by Crippen LogP contribution is 2.57. The summed E-state index contributed by atoms with van der Waals surface area (Å²) in [5.74, 6) is -2.36. The zero-order chi connectivity index (χ0) is 38.4. The van der Waals surface area contributed by atoms with Gasteiger partial charge in [0, 0.05) is 29.5 Å². The second kappa shape index (κ2) is 15.6. The van der Waals surface area contributed by atoms with Gasteiger partial charge >= 0.3 is 18.3 Å². The third-order valence-corrected chi connectivity index (χ3v) is 8.02. The van der Waals surface area contributed by atoms with E-state index in [1.807, 2.05) is 0 Å². The number of alkyl halides is 6. The standard InChI is InChI=1S/C37H33F6N3O6/c1-5-51-32(48)20-31(47)45-29-18-25(12-6-21(29)2)35(36(38,39)40,37(41,42)43)26-13-7-22(3)30(19-26)46-34(50)24-10-16-28(17-11-24)52-27-14-8-23(9-15-27)33(49)44-4/h6-19H,5,20H2,1-4H3,(H,44,49)(H,45,47)(H,46,50). The molecule has 52 heavy (non-hydrogen) atoms. The second-order valence-electron chi connectivity index (χ2n) is 11.5. The molecule has 0 aliphatic rings. The summed E-state index contributed by atoms with van der Waals surface area (Å²) in [6, 6.07) is 16.3. The molecule has 0 bridgehead atoms. The number of ether oxygens (including phenoxy) is 2. The van der Waals surface area contributed by atoms with Crippen LogP contribution in [0.1, 0.15) is 56.3 Å². The van der Waals surface area contributed by atoms with Gasteiger partial charge in [-0.25, -0.2) is 0 Å². The highest BCUT2D eigenvalue weighted by atomic mass is 19.4. The quantitative estimate of drug-likeness (QED) is 0.0817. The van der Waals surface area contributed by atoms with Gasteiger partial charge in [0.25, 0.3) is 11.8 Å². The molecule has 4 aromatic carbocycles. The number of rotatable bonds is 11. The lowest BCUT2D eigenvalue weighted by Gasteiger charge is -2.39. The molecule has 0 aliphatic heterocycles. The smallest absolute Gasteiger partial charge is 0.411 e. The van der Waals surface area contributed by atoms with E-state index in [1.165, 1.54) is 52.1 Å². The molecule has 274 valence electrons. The van der Waals surface area contributed by atoms with Crippen LogP contribution in [0.3, 0.4) is 0 Å². The van der Waals surface area contributed by atoms with Gasteiger partial charge in [-0.1, -0.05) is 24.3 Å². The minimum absolute atomic E-state index is 0.0201. The van der Waals surface area contributed by atoms with Crippen molar-refractivity contribution in [2.45, 2.75) is 45.0 Å². The number of hydrogen-bond acceptors (Lipinski definition) is 6. The van der Waals surface area contributed by atoms with E-state index in [1.54, 1.807) is 24.3 Å². The lowest BCUT2D eigenvalue weighted by molar-refractivity contribution is -0.288. The van der Waals surface area contributed by atoms with Crippen molar-refractivity contribution in [3.8, 4) is 11.5 Å². The number of nitrogens with one attached hydrogen (secondary N) is 3. The molecule has 0 saturated heterocycles. The molecule has 0 fully saturated rings. The molecule has 0 aliphatic carbocycles. The summed E-state index contributed by atoms with van der Waals surface area (Å²) in [6.07, 6.45) is -12.8. The Morgan fingerprint density at radius 3 is 1.50 bits per heavy atom. The predicted molar refractivity (Wildman–Crippen MR) is 179 cm³/mol. The average molecular weight is 730 g/mol. The van der Waals surface area contributed by atoms with Gasteiger partial charge in [-0.3, -0.25) is 19.2 Å². The summed E-state index contributed by atoms with van der Waals surface area (Å²) >= 11 is 0. The van der Waals surface area contributed by atoms with Gasteiger partial charge in [-0.15, -0.1) is 0 Å². The minimum Gasteiger partial charge on any atom is -0.466 e. The molecule has 0 spiro atoms. The van der Waals surface area contributed by atoms with E-state index in [9.17, 15) is 19.2 Å². The van der Waals surface area contributed by atoms with Crippen molar-refractivity contribution >= 4 is 35.1 Å². The SMILES string of the molecule is CCOC(=O)CC(=O)Nc1cc(C(c2ccc(C)c(NC(=O)c3ccc(Oc4ccc(C(=O)NC)cc4)cc3)c2)(C(F)(F)F)C(F)(F)F)ccc1C. The third-order valence-electron chi connectivity index (χ3n) is 8.02. The molecular formula is C37H33F6N3O6. The highest BCUT2D eigenvalue weighted by Gasteiger charge is 2.72. The number of carbonyl (C=O) groups excluding carboxylic acids is 4. The molecule has 0 saturated carbocycles. The van der Waals surface area contributed by atoms with Crippen LogP contribution >= 0.6 is 0 Å². The van der Waals surface area contributed by atoms with Gasteiger partial charge in [0.1, 0.15) is 17.9 Å². The Bertz CT molecular complexity index is 1940. The molecule has 4 aromatic rings. The van der Waals surface area contributed by atoms with E-state index in [0.29, 0.717) is 41.3 Å². The molecule has 15 heteroatoms. The normalized spacial score (nSPS) is 11.7. The fourth-order valence-electron chi connectivity index (χ4n) is 5.32. The van der Waals surface area contributed by atoms with Crippen LogP contribution in [0.5, 0.6) is 11.5 Å². The Morgan fingerprint density at radius 1 is 0.635 bits per heavy atom. The second-order valence-corrected chi connectivity index (χ2v) is 11.5. The van der Waals surface area contributed by atoms with E-state index in [4.69, 9.17) is 4.74 Å². The van der Waals surface area contributed by atoms with Crippen LogP contribution in [0.15, 0.2) is 84.9 Å². The van der Waals surface area contributed by atoms with Crippen LogP contribution in [0.25, 0.3) is 0 Å². The predicted octanol–water partition coefficient (Wildman–Crippen LogP) is 8.01. The lowest BCUT2D eigenvalue weighted by Crippen LogP contribution is -2.54. The van der Waals surface area contributed by atoms with Gasteiger partial charge in [-0.05, 0) is 104 Å². The number of amides is 3. The zero-order valence-electron chi connectivity index (χ0n) is 28.2. The van der Waals surface area contributed by atoms with Crippen molar-refractivity contribution in [2.24, 2.45) is 0 Å². The van der Waals surface area contributed by atoms with Crippen molar-refractivity contribution in [1.82, 2.24) is 5.32 Å². The maximum absolute atomic E-state index is 15.0. The Balaban J connectivity index is 1.66. The molecule has 0 heterocycles. The van der Waals surface area contributed by atoms with Crippen LogP contribution in [-0.2, 0) is 19.7 Å². The van der Waals surface area contributed by atoms with E-state index in [-0.39, 0.29) is 40.6 Å². The molecule has 0 aromatic heterocycles. The number of esters is 1. The molecule has 4 rings (SSSR count). The Labute approximate surface area is 294 Å². The molecule has 0 radical (unpaired) electrons. The van der Waals surface area contributed by atoms with E-state index in [0.717, 1.165) is 12.1 Å². The largest absolute Gasteiger partial charge is 0.466 e. The van der Waals surface area contributed by atoms with Crippen LogP contribution < -0.4 is 20.7 Å². The maximum atomic E-state index is 15.0. The summed E-state index contributed by atoms with van der Waals surface area (Å²) in [5.41, 5.74) is -7.07. The first-order valence-corrected chi connectivity index (χ1v) is 15.6. The summed E-state index contributed by atoms with van der Waals surface area (Å²) < 4.78 is 101. The first-order chi connectivity index (χ1) is 24.4. The fraction of sp³-hybridized carbons (Fsp3) is 0.243. The van der Waals surface area contributed by atoms with E-state index in [2.05, 4.69) is 20.7 Å². The molecule has 3 N–H and O–H groups in total. The van der Waals surface area contributed by atoms with Gasteiger partial charge < -0.3 is 25.4 Å². The fourth-order valence-corrected chi connectivity index (χ4v) is 5.32.